The second-order valence-corrected chi connectivity index (χ2v) is 6.04. The quantitative estimate of drug-likeness (QED) is 0.521. The Balaban J connectivity index is 0.000000470. The van der Waals surface area contributed by atoms with Gasteiger partial charge in [0.1, 0.15) is 11.8 Å². The topological polar surface area (TPSA) is 136 Å². The molecule has 0 aromatic heterocycles. The van der Waals surface area contributed by atoms with Gasteiger partial charge in [-0.3, -0.25) is 4.79 Å². The number of rotatable bonds is 8. The van der Waals surface area contributed by atoms with Crippen LogP contribution in [0.15, 0.2) is 24.3 Å². The van der Waals surface area contributed by atoms with Crippen molar-refractivity contribution in [3.05, 3.63) is 29.3 Å². The van der Waals surface area contributed by atoms with Crippen LogP contribution in [0.5, 0.6) is 5.75 Å². The average Bonchev–Trinajstić information content (AvgIpc) is 2.50. The summed E-state index contributed by atoms with van der Waals surface area (Å²) in [7, 11) is 0. The molecule has 1 atom stereocenters. The first-order valence-corrected chi connectivity index (χ1v) is 7.84. The Hall–Kier alpha value is -1.83. The van der Waals surface area contributed by atoms with Gasteiger partial charge in [0.25, 0.3) is 0 Å². The van der Waals surface area contributed by atoms with E-state index in [0.29, 0.717) is 23.7 Å². The lowest BCUT2D eigenvalue weighted by Crippen LogP contribution is -2.37. The largest absolute Gasteiger partial charge is 0.480 e. The van der Waals surface area contributed by atoms with Crippen LogP contribution < -0.4 is 16.2 Å². The molecule has 0 saturated heterocycles. The Kier molecular flexibility index (Phi) is 10.0. The van der Waals surface area contributed by atoms with Crippen molar-refractivity contribution < 1.29 is 24.5 Å². The van der Waals surface area contributed by atoms with Crippen LogP contribution in [-0.4, -0.2) is 40.3 Å². The molecule has 1 aromatic carbocycles. The lowest BCUT2D eigenvalue weighted by molar-refractivity contribution is -0.152. The number of hydrogen-bond donors (Lipinski definition) is 4. The van der Waals surface area contributed by atoms with Gasteiger partial charge in [0.05, 0.1) is 0 Å². The summed E-state index contributed by atoms with van der Waals surface area (Å²) >= 11 is 5.67. The molecule has 1 unspecified atom stereocenters. The van der Waals surface area contributed by atoms with Crippen molar-refractivity contribution in [3.63, 3.8) is 0 Å². The summed E-state index contributed by atoms with van der Waals surface area (Å²) in [5.41, 5.74) is 9.19. The zero-order chi connectivity index (χ0) is 18.8. The van der Waals surface area contributed by atoms with Crippen molar-refractivity contribution in [1.29, 1.82) is 0 Å². The van der Waals surface area contributed by atoms with Crippen LogP contribution in [0.25, 0.3) is 0 Å². The van der Waals surface area contributed by atoms with Crippen LogP contribution >= 0.6 is 11.6 Å². The fourth-order valence-corrected chi connectivity index (χ4v) is 1.60. The van der Waals surface area contributed by atoms with E-state index in [-0.39, 0.29) is 0 Å². The smallest absolute Gasteiger partial charge is 0.347 e. The molecule has 0 amide bonds. The van der Waals surface area contributed by atoms with Crippen molar-refractivity contribution in [2.75, 3.05) is 6.54 Å². The molecule has 1 rings (SSSR count). The fraction of sp³-hybridized carbons (Fsp3) is 0.500. The number of carboxylic acid groups (broad SMARTS) is 2. The molecule has 0 radical (unpaired) electrons. The number of aliphatic carboxylic acids is 2. The number of unbranched alkanes of at least 4 members (excludes halogenated alkanes) is 1. The normalized spacial score (nSPS) is 11.9. The van der Waals surface area contributed by atoms with Crippen molar-refractivity contribution in [2.45, 2.75) is 44.8 Å². The van der Waals surface area contributed by atoms with Crippen LogP contribution in [0.4, 0.5) is 0 Å². The van der Waals surface area contributed by atoms with Gasteiger partial charge in [-0.15, -0.1) is 0 Å². The first kappa shape index (κ1) is 22.2. The Bertz CT molecular complexity index is 520. The summed E-state index contributed by atoms with van der Waals surface area (Å²) < 4.78 is 5.26. The lowest BCUT2D eigenvalue weighted by Gasteiger charge is -2.21. The molecule has 24 heavy (non-hydrogen) atoms. The summed E-state index contributed by atoms with van der Waals surface area (Å²) in [5, 5.41) is 17.7. The number of ether oxygens (including phenoxy) is 1. The van der Waals surface area contributed by atoms with Gasteiger partial charge in [0.2, 0.25) is 0 Å². The van der Waals surface area contributed by atoms with Gasteiger partial charge >= 0.3 is 11.9 Å². The summed E-state index contributed by atoms with van der Waals surface area (Å²) in [6.45, 7) is 3.58. The van der Waals surface area contributed by atoms with Crippen LogP contribution in [-0.2, 0) is 9.59 Å². The maximum absolute atomic E-state index is 10.7. The third-order valence-electron chi connectivity index (χ3n) is 2.99. The maximum Gasteiger partial charge on any atom is 0.347 e. The zero-order valence-corrected chi connectivity index (χ0v) is 14.6. The van der Waals surface area contributed by atoms with Crippen LogP contribution in [0.2, 0.25) is 5.02 Å². The Morgan fingerprint density at radius 3 is 2.17 bits per heavy atom. The molecule has 0 aliphatic heterocycles. The third kappa shape index (κ3) is 9.34. The van der Waals surface area contributed by atoms with Gasteiger partial charge in [0.15, 0.2) is 5.60 Å². The number of hydrogen-bond acceptors (Lipinski definition) is 5. The molecule has 7 nitrogen and oxygen atoms in total. The number of carbonyl (C=O) groups is 2. The maximum atomic E-state index is 10.7. The highest BCUT2D eigenvalue weighted by Crippen LogP contribution is 2.20. The molecule has 1 aromatic rings. The highest BCUT2D eigenvalue weighted by Gasteiger charge is 2.29. The number of benzene rings is 1. The van der Waals surface area contributed by atoms with Gasteiger partial charge in [-0.2, -0.15) is 0 Å². The Labute approximate surface area is 146 Å². The summed E-state index contributed by atoms with van der Waals surface area (Å²) in [6, 6.07) is 5.84. The first-order valence-electron chi connectivity index (χ1n) is 7.46. The van der Waals surface area contributed by atoms with Gasteiger partial charge in [-0.1, -0.05) is 18.0 Å². The molecule has 0 bridgehead atoms. The van der Waals surface area contributed by atoms with E-state index in [2.05, 4.69) is 0 Å². The van der Waals surface area contributed by atoms with E-state index in [9.17, 15) is 9.59 Å². The van der Waals surface area contributed by atoms with Crippen LogP contribution in [0.1, 0.15) is 33.1 Å². The Morgan fingerprint density at radius 2 is 1.75 bits per heavy atom. The number of halogens is 1. The number of nitrogens with two attached hydrogens (primary N) is 2. The van der Waals surface area contributed by atoms with Crippen molar-refractivity contribution in [3.8, 4) is 5.75 Å². The average molecular weight is 361 g/mol. The lowest BCUT2D eigenvalue weighted by atomic mass is 10.1. The van der Waals surface area contributed by atoms with Crippen molar-refractivity contribution in [1.82, 2.24) is 0 Å². The van der Waals surface area contributed by atoms with E-state index in [1.165, 1.54) is 13.8 Å². The van der Waals surface area contributed by atoms with E-state index in [0.717, 1.165) is 12.8 Å². The minimum Gasteiger partial charge on any atom is -0.480 e. The Morgan fingerprint density at radius 1 is 1.21 bits per heavy atom. The summed E-state index contributed by atoms with van der Waals surface area (Å²) in [6.07, 6.45) is 2.16. The predicted molar refractivity (Wildman–Crippen MR) is 92.3 cm³/mol. The van der Waals surface area contributed by atoms with E-state index in [1.54, 1.807) is 24.3 Å². The predicted octanol–water partition coefficient (Wildman–Crippen LogP) is 2.11. The van der Waals surface area contributed by atoms with Gasteiger partial charge in [0, 0.05) is 5.02 Å². The molecule has 0 aliphatic carbocycles. The molecule has 8 heteroatoms. The van der Waals surface area contributed by atoms with E-state index in [1.807, 2.05) is 0 Å². The molecule has 6 N–H and O–H groups in total. The molecule has 0 aliphatic rings. The van der Waals surface area contributed by atoms with Crippen molar-refractivity contribution in [2.24, 2.45) is 11.5 Å². The molecule has 0 fully saturated rings. The molecule has 0 spiro atoms. The number of carboxylic acids is 2. The second-order valence-electron chi connectivity index (χ2n) is 5.60. The third-order valence-corrected chi connectivity index (χ3v) is 3.24. The molecule has 136 valence electrons. The molecular weight excluding hydrogens is 336 g/mol. The van der Waals surface area contributed by atoms with Gasteiger partial charge in [-0.25, -0.2) is 4.79 Å². The molecular formula is C16H25ClN2O5. The minimum absolute atomic E-state index is 0.488. The first-order chi connectivity index (χ1) is 11.1. The minimum atomic E-state index is -1.23. The van der Waals surface area contributed by atoms with Gasteiger partial charge < -0.3 is 26.4 Å². The van der Waals surface area contributed by atoms with E-state index in [4.69, 9.17) is 38.0 Å². The summed E-state index contributed by atoms with van der Waals surface area (Å²) in [5.74, 6) is -1.45. The summed E-state index contributed by atoms with van der Waals surface area (Å²) in [4.78, 5) is 20.9. The highest BCUT2D eigenvalue weighted by atomic mass is 35.5. The van der Waals surface area contributed by atoms with Gasteiger partial charge in [-0.05, 0) is 57.5 Å². The highest BCUT2D eigenvalue weighted by molar-refractivity contribution is 6.30. The standard InChI is InChI=1S/C10H11ClO3.C6H14N2O2/c1-10(2,9(12)13)14-8-5-3-7(11)4-6-8;7-4-2-1-3-5(8)6(9)10/h3-6H,1-2H3,(H,12,13);5H,1-4,7-8H2,(H,9,10). The van der Waals surface area contributed by atoms with E-state index >= 15 is 0 Å². The monoisotopic (exact) mass is 360 g/mol. The zero-order valence-electron chi connectivity index (χ0n) is 13.9. The SMILES string of the molecule is CC(C)(Oc1ccc(Cl)cc1)C(=O)O.NCCCCC(N)C(=O)O. The van der Waals surface area contributed by atoms with Crippen molar-refractivity contribution >= 4 is 23.5 Å². The molecule has 0 heterocycles. The fourth-order valence-electron chi connectivity index (χ4n) is 1.47. The van der Waals surface area contributed by atoms with Crippen LogP contribution in [0.3, 0.4) is 0 Å². The molecule has 0 saturated carbocycles. The van der Waals surface area contributed by atoms with E-state index < -0.39 is 23.6 Å². The van der Waals surface area contributed by atoms with Crippen LogP contribution in [0, 0.1) is 0 Å². The second kappa shape index (κ2) is 10.9.